The quantitative estimate of drug-likeness (QED) is 0.775. The lowest BCUT2D eigenvalue weighted by molar-refractivity contribution is 0.275. The van der Waals surface area contributed by atoms with E-state index in [0.29, 0.717) is 10.2 Å². The molecule has 92 valence electrons. The monoisotopic (exact) mass is 278 g/mol. The molecule has 0 spiro atoms. The van der Waals surface area contributed by atoms with Crippen LogP contribution in [0.4, 0.5) is 0 Å². The van der Waals surface area contributed by atoms with Crippen LogP contribution in [0.2, 0.25) is 10.2 Å². The number of pyridine rings is 1. The van der Waals surface area contributed by atoms with Crippen LogP contribution in [0.25, 0.3) is 0 Å². The molecule has 2 aromatic rings. The summed E-state index contributed by atoms with van der Waals surface area (Å²) in [6.45, 7) is 2.74. The molecule has 3 rings (SSSR count). The van der Waals surface area contributed by atoms with Crippen molar-refractivity contribution in [1.29, 1.82) is 0 Å². The highest BCUT2D eigenvalue weighted by Gasteiger charge is 2.19. The molecule has 0 bridgehead atoms. The Bertz CT molecular complexity index is 559. The minimum absolute atomic E-state index is 0.438. The van der Waals surface area contributed by atoms with E-state index in [1.165, 1.54) is 11.1 Å². The van der Waals surface area contributed by atoms with Gasteiger partial charge in [0, 0.05) is 36.4 Å². The average molecular weight is 279 g/mol. The molecule has 0 aliphatic carbocycles. The molecule has 0 fully saturated rings. The summed E-state index contributed by atoms with van der Waals surface area (Å²) in [5, 5.41) is 1.12. The third-order valence-electron chi connectivity index (χ3n) is 3.20. The topological polar surface area (TPSA) is 16.1 Å². The van der Waals surface area contributed by atoms with E-state index in [1.807, 2.05) is 0 Å². The van der Waals surface area contributed by atoms with Crippen molar-refractivity contribution in [3.8, 4) is 0 Å². The molecular formula is C14H12Cl2N2. The zero-order valence-electron chi connectivity index (χ0n) is 9.74. The summed E-state index contributed by atoms with van der Waals surface area (Å²) in [6, 6.07) is 10.2. The van der Waals surface area contributed by atoms with Crippen molar-refractivity contribution in [2.45, 2.75) is 19.6 Å². The molecule has 0 atom stereocenters. The lowest BCUT2D eigenvalue weighted by Crippen LogP contribution is -2.16. The van der Waals surface area contributed by atoms with Crippen LogP contribution in [-0.2, 0) is 19.6 Å². The normalized spacial score (nSPS) is 14.8. The zero-order valence-corrected chi connectivity index (χ0v) is 11.2. The predicted octanol–water partition coefficient (Wildman–Crippen LogP) is 3.90. The van der Waals surface area contributed by atoms with Crippen molar-refractivity contribution >= 4 is 23.2 Å². The molecule has 0 unspecified atom stereocenters. The van der Waals surface area contributed by atoms with Crippen LogP contribution in [0.5, 0.6) is 0 Å². The Morgan fingerprint density at radius 1 is 1.11 bits per heavy atom. The molecule has 1 aliphatic heterocycles. The molecule has 0 saturated carbocycles. The summed E-state index contributed by atoms with van der Waals surface area (Å²) in [7, 11) is 0. The van der Waals surface area contributed by atoms with E-state index >= 15 is 0 Å². The highest BCUT2D eigenvalue weighted by molar-refractivity contribution is 6.34. The van der Waals surface area contributed by atoms with Gasteiger partial charge in [0.1, 0.15) is 5.15 Å². The second-order valence-corrected chi connectivity index (χ2v) is 5.31. The maximum Gasteiger partial charge on any atom is 0.130 e. The van der Waals surface area contributed by atoms with Gasteiger partial charge in [-0.15, -0.1) is 0 Å². The van der Waals surface area contributed by atoms with E-state index in [0.717, 1.165) is 25.2 Å². The molecule has 0 radical (unpaired) electrons. The third-order valence-corrected chi connectivity index (χ3v) is 3.76. The van der Waals surface area contributed by atoms with Crippen LogP contribution in [0, 0.1) is 0 Å². The van der Waals surface area contributed by atoms with Gasteiger partial charge in [0.2, 0.25) is 0 Å². The summed E-state index contributed by atoms with van der Waals surface area (Å²) < 4.78 is 0. The van der Waals surface area contributed by atoms with E-state index in [4.69, 9.17) is 23.2 Å². The first kappa shape index (κ1) is 12.0. The molecular weight excluding hydrogens is 267 g/mol. The molecule has 1 aliphatic rings. The molecule has 2 nitrogen and oxygen atoms in total. The Hall–Kier alpha value is -1.09. The Labute approximate surface area is 116 Å². The number of rotatable bonds is 2. The second kappa shape index (κ2) is 4.88. The van der Waals surface area contributed by atoms with Gasteiger partial charge < -0.3 is 0 Å². The van der Waals surface area contributed by atoms with Gasteiger partial charge in [-0.05, 0) is 17.2 Å². The zero-order chi connectivity index (χ0) is 12.5. The van der Waals surface area contributed by atoms with Gasteiger partial charge in [-0.25, -0.2) is 4.98 Å². The third kappa shape index (κ3) is 2.37. The lowest BCUT2D eigenvalue weighted by atomic mass is 10.1. The fourth-order valence-corrected chi connectivity index (χ4v) is 2.73. The van der Waals surface area contributed by atoms with Gasteiger partial charge in [-0.2, -0.15) is 0 Å². The maximum atomic E-state index is 6.17. The van der Waals surface area contributed by atoms with Gasteiger partial charge in [0.05, 0.1) is 0 Å². The van der Waals surface area contributed by atoms with Crippen molar-refractivity contribution in [1.82, 2.24) is 9.88 Å². The maximum absolute atomic E-state index is 6.17. The second-order valence-electron chi connectivity index (χ2n) is 4.51. The van der Waals surface area contributed by atoms with Crippen LogP contribution < -0.4 is 0 Å². The number of benzene rings is 1. The van der Waals surface area contributed by atoms with Crippen molar-refractivity contribution in [3.05, 3.63) is 63.4 Å². The molecule has 4 heteroatoms. The fraction of sp³-hybridized carbons (Fsp3) is 0.214. The minimum atomic E-state index is 0.438. The van der Waals surface area contributed by atoms with E-state index in [9.17, 15) is 0 Å². The SMILES string of the molecule is Clc1cc(Cl)c(CN2Cc3ccccc3C2)cn1. The smallest absolute Gasteiger partial charge is 0.130 e. The van der Waals surface area contributed by atoms with Crippen molar-refractivity contribution in [3.63, 3.8) is 0 Å². The highest BCUT2D eigenvalue weighted by Crippen LogP contribution is 2.26. The van der Waals surface area contributed by atoms with E-state index in [2.05, 4.69) is 34.1 Å². The molecule has 1 aromatic heterocycles. The molecule has 0 N–H and O–H groups in total. The van der Waals surface area contributed by atoms with Crippen LogP contribution in [0.1, 0.15) is 16.7 Å². The van der Waals surface area contributed by atoms with E-state index < -0.39 is 0 Å². The van der Waals surface area contributed by atoms with Crippen molar-refractivity contribution < 1.29 is 0 Å². The van der Waals surface area contributed by atoms with Gasteiger partial charge >= 0.3 is 0 Å². The van der Waals surface area contributed by atoms with Crippen molar-refractivity contribution in [2.24, 2.45) is 0 Å². The van der Waals surface area contributed by atoms with Crippen LogP contribution in [0.3, 0.4) is 0 Å². The number of halogens is 2. The summed E-state index contributed by atoms with van der Waals surface area (Å²) in [6.07, 6.45) is 1.76. The van der Waals surface area contributed by atoms with E-state index in [-0.39, 0.29) is 0 Å². The first-order valence-electron chi connectivity index (χ1n) is 5.81. The summed E-state index contributed by atoms with van der Waals surface area (Å²) in [5.41, 5.74) is 3.82. The minimum Gasteiger partial charge on any atom is -0.290 e. The Morgan fingerprint density at radius 2 is 1.78 bits per heavy atom. The summed E-state index contributed by atoms with van der Waals surface area (Å²) >= 11 is 12.0. The highest BCUT2D eigenvalue weighted by atomic mass is 35.5. The number of nitrogens with zero attached hydrogens (tertiary/aromatic N) is 2. The first-order valence-corrected chi connectivity index (χ1v) is 6.57. The number of fused-ring (bicyclic) bond motifs is 1. The summed E-state index contributed by atoms with van der Waals surface area (Å²) in [5.74, 6) is 0. The first-order chi connectivity index (χ1) is 8.72. The molecule has 18 heavy (non-hydrogen) atoms. The average Bonchev–Trinajstić information content (AvgIpc) is 2.75. The Morgan fingerprint density at radius 3 is 2.39 bits per heavy atom. The molecule has 1 aromatic carbocycles. The summed E-state index contributed by atoms with van der Waals surface area (Å²) in [4.78, 5) is 6.43. The Balaban J connectivity index is 1.76. The number of hydrogen-bond donors (Lipinski definition) is 0. The van der Waals surface area contributed by atoms with Crippen molar-refractivity contribution in [2.75, 3.05) is 0 Å². The van der Waals surface area contributed by atoms with Gasteiger partial charge in [-0.3, -0.25) is 4.90 Å². The molecule has 2 heterocycles. The standard InChI is InChI=1S/C14H12Cl2N2/c15-13-5-14(16)17-6-12(13)9-18-7-10-3-1-2-4-11(10)8-18/h1-6H,7-9H2. The predicted molar refractivity (Wildman–Crippen MR) is 73.7 cm³/mol. The molecule has 0 amide bonds. The van der Waals surface area contributed by atoms with Crippen LogP contribution >= 0.6 is 23.2 Å². The van der Waals surface area contributed by atoms with Crippen LogP contribution in [-0.4, -0.2) is 9.88 Å². The van der Waals surface area contributed by atoms with Crippen LogP contribution in [0.15, 0.2) is 36.5 Å². The van der Waals surface area contributed by atoms with Gasteiger partial charge in [-0.1, -0.05) is 47.5 Å². The van der Waals surface area contributed by atoms with Gasteiger partial charge in [0.15, 0.2) is 0 Å². The lowest BCUT2D eigenvalue weighted by Gasteiger charge is -2.15. The Kier molecular flexibility index (Phi) is 3.25. The molecule has 0 saturated heterocycles. The fourth-order valence-electron chi connectivity index (χ4n) is 2.31. The number of hydrogen-bond acceptors (Lipinski definition) is 2. The van der Waals surface area contributed by atoms with E-state index in [1.54, 1.807) is 12.3 Å². The number of aromatic nitrogens is 1. The van der Waals surface area contributed by atoms with Gasteiger partial charge in [0.25, 0.3) is 0 Å². The largest absolute Gasteiger partial charge is 0.290 e.